The molecule has 8 heavy (non-hydrogen) atoms. The zero-order valence-electron chi connectivity index (χ0n) is 4.40. The number of hydrogen-bond acceptors (Lipinski definition) is 2. The van der Waals surface area contributed by atoms with Crippen LogP contribution < -0.4 is 5.32 Å². The number of rotatable bonds is 2. The van der Waals surface area contributed by atoms with Gasteiger partial charge in [-0.3, -0.25) is 9.59 Å². The summed E-state index contributed by atoms with van der Waals surface area (Å²) in [7, 11) is 1.42. The van der Waals surface area contributed by atoms with Gasteiger partial charge in [-0.05, 0) is 0 Å². The molecule has 0 aromatic carbocycles. The van der Waals surface area contributed by atoms with Crippen molar-refractivity contribution in [3.05, 3.63) is 0 Å². The summed E-state index contributed by atoms with van der Waals surface area (Å²) in [6.45, 7) is 0. The third-order valence-corrected chi connectivity index (χ3v) is 1.11. The largest absolute Gasteiger partial charge is 0.353 e. The lowest BCUT2D eigenvalue weighted by Crippen LogP contribution is -2.27. The van der Waals surface area contributed by atoms with E-state index in [1.807, 2.05) is 0 Å². The van der Waals surface area contributed by atoms with Crippen molar-refractivity contribution in [2.75, 3.05) is 12.4 Å². The quantitative estimate of drug-likeness (QED) is 0.468. The van der Waals surface area contributed by atoms with Crippen LogP contribution in [0.25, 0.3) is 0 Å². The van der Waals surface area contributed by atoms with Gasteiger partial charge in [0.25, 0.3) is 5.91 Å². The second-order valence-corrected chi connectivity index (χ2v) is 1.70. The smallest absolute Gasteiger partial charge is 0.288 e. The summed E-state index contributed by atoms with van der Waals surface area (Å²) in [5.74, 6) is -1.01. The van der Waals surface area contributed by atoms with Gasteiger partial charge >= 0.3 is 0 Å². The second-order valence-electron chi connectivity index (χ2n) is 1.14. The molecule has 0 aliphatic carbocycles. The average molecular weight is 180 g/mol. The van der Waals surface area contributed by atoms with Crippen molar-refractivity contribution in [1.82, 2.24) is 5.32 Å². The molecule has 0 fully saturated rings. The molecule has 0 atom stereocenters. The van der Waals surface area contributed by atoms with Gasteiger partial charge in [-0.2, -0.15) is 0 Å². The van der Waals surface area contributed by atoms with Crippen molar-refractivity contribution in [3.63, 3.8) is 0 Å². The first-order valence-corrected chi connectivity index (χ1v) is 3.15. The van der Waals surface area contributed by atoms with Crippen LogP contribution in [0.4, 0.5) is 0 Å². The molecule has 0 radical (unpaired) electrons. The van der Waals surface area contributed by atoms with Crippen LogP contribution in [0.15, 0.2) is 0 Å². The van der Waals surface area contributed by atoms with Crippen molar-refractivity contribution in [2.45, 2.75) is 0 Å². The molecule has 0 rings (SSSR count). The summed E-state index contributed by atoms with van der Waals surface area (Å²) < 4.78 is 0. The van der Waals surface area contributed by atoms with Gasteiger partial charge in [0.2, 0.25) is 5.78 Å². The van der Waals surface area contributed by atoms with Crippen LogP contribution in [0.5, 0.6) is 0 Å². The van der Waals surface area contributed by atoms with Crippen molar-refractivity contribution in [2.24, 2.45) is 0 Å². The van der Waals surface area contributed by atoms with E-state index < -0.39 is 11.7 Å². The van der Waals surface area contributed by atoms with E-state index in [1.54, 1.807) is 0 Å². The van der Waals surface area contributed by atoms with Gasteiger partial charge in [0.1, 0.15) is 0 Å². The number of nitrogens with one attached hydrogen (secondary N) is 1. The van der Waals surface area contributed by atoms with Crippen LogP contribution in [-0.2, 0) is 9.59 Å². The van der Waals surface area contributed by atoms with Crippen molar-refractivity contribution >= 4 is 27.6 Å². The topological polar surface area (TPSA) is 46.2 Å². The molecular formula is C4H6BrNO2. The predicted molar refractivity (Wildman–Crippen MR) is 32.9 cm³/mol. The summed E-state index contributed by atoms with van der Waals surface area (Å²) in [4.78, 5) is 20.5. The Labute approximate surface area is 55.6 Å². The molecule has 0 aromatic heterocycles. The van der Waals surface area contributed by atoms with Crippen molar-refractivity contribution in [3.8, 4) is 0 Å². The number of amides is 1. The molecule has 0 aliphatic rings. The Hall–Kier alpha value is -0.380. The highest BCUT2D eigenvalue weighted by atomic mass is 79.9. The van der Waals surface area contributed by atoms with Crippen molar-refractivity contribution < 1.29 is 9.59 Å². The van der Waals surface area contributed by atoms with Gasteiger partial charge < -0.3 is 5.32 Å². The molecule has 0 bridgehead atoms. The lowest BCUT2D eigenvalue weighted by Gasteiger charge is -1.90. The highest BCUT2D eigenvalue weighted by Crippen LogP contribution is 1.80. The lowest BCUT2D eigenvalue weighted by molar-refractivity contribution is -0.136. The van der Waals surface area contributed by atoms with E-state index in [0.29, 0.717) is 0 Å². The molecule has 0 unspecified atom stereocenters. The first-order valence-electron chi connectivity index (χ1n) is 2.03. The maximum Gasteiger partial charge on any atom is 0.288 e. The SMILES string of the molecule is CNC(=O)C(=O)CBr. The number of likely N-dealkylation sites (N-methyl/N-ethyl adjacent to an activating group) is 1. The summed E-state index contributed by atoms with van der Waals surface area (Å²) in [5.41, 5.74) is 0. The Bertz CT molecular complexity index is 98.6. The highest BCUT2D eigenvalue weighted by Gasteiger charge is 2.06. The molecule has 1 N–H and O–H groups in total. The molecule has 0 aromatic rings. The molecule has 0 spiro atoms. The first kappa shape index (κ1) is 7.62. The van der Waals surface area contributed by atoms with Gasteiger partial charge in [-0.1, -0.05) is 15.9 Å². The van der Waals surface area contributed by atoms with E-state index in [1.165, 1.54) is 7.05 Å². The van der Waals surface area contributed by atoms with Crippen LogP contribution >= 0.6 is 15.9 Å². The maximum atomic E-state index is 10.3. The minimum Gasteiger partial charge on any atom is -0.353 e. The molecule has 3 nitrogen and oxygen atoms in total. The molecule has 46 valence electrons. The number of hydrogen-bond donors (Lipinski definition) is 1. The Morgan fingerprint density at radius 2 is 2.12 bits per heavy atom. The second kappa shape index (κ2) is 3.60. The zero-order chi connectivity index (χ0) is 6.57. The normalized spacial score (nSPS) is 8.25. The minimum atomic E-state index is -0.554. The van der Waals surface area contributed by atoms with Crippen LogP contribution in [0.2, 0.25) is 0 Å². The van der Waals surface area contributed by atoms with Gasteiger partial charge in [0, 0.05) is 7.05 Å². The number of halogens is 1. The Morgan fingerprint density at radius 3 is 2.25 bits per heavy atom. The van der Waals surface area contributed by atoms with Gasteiger partial charge in [-0.15, -0.1) is 0 Å². The Balaban J connectivity index is 3.64. The van der Waals surface area contributed by atoms with E-state index >= 15 is 0 Å². The molecule has 1 amide bonds. The molecule has 0 saturated heterocycles. The first-order chi connectivity index (χ1) is 3.72. The fourth-order valence-electron chi connectivity index (χ4n) is 0.200. The maximum absolute atomic E-state index is 10.3. The molecular weight excluding hydrogens is 174 g/mol. The summed E-state index contributed by atoms with van der Waals surface area (Å²) in [5, 5.41) is 2.29. The monoisotopic (exact) mass is 179 g/mol. The van der Waals surface area contributed by atoms with E-state index in [-0.39, 0.29) is 5.33 Å². The van der Waals surface area contributed by atoms with E-state index in [9.17, 15) is 9.59 Å². The van der Waals surface area contributed by atoms with E-state index in [4.69, 9.17) is 0 Å². The number of ketones is 1. The van der Waals surface area contributed by atoms with Crippen LogP contribution in [0, 0.1) is 0 Å². The summed E-state index contributed by atoms with van der Waals surface area (Å²) >= 11 is 2.85. The third-order valence-electron chi connectivity index (χ3n) is 0.602. The minimum absolute atomic E-state index is 0.0900. The summed E-state index contributed by atoms with van der Waals surface area (Å²) in [6.07, 6.45) is 0. The van der Waals surface area contributed by atoms with Crippen LogP contribution in [0.3, 0.4) is 0 Å². The Kier molecular flexibility index (Phi) is 3.43. The summed E-state index contributed by atoms with van der Waals surface area (Å²) in [6, 6.07) is 0. The van der Waals surface area contributed by atoms with Gasteiger partial charge in [-0.25, -0.2) is 0 Å². The number of Topliss-reactive ketones (excluding diaryl/α,β-unsaturated/α-hetero) is 1. The molecule has 0 heterocycles. The highest BCUT2D eigenvalue weighted by molar-refractivity contribution is 9.09. The average Bonchev–Trinajstić information content (AvgIpc) is 1.84. The van der Waals surface area contributed by atoms with Crippen molar-refractivity contribution in [1.29, 1.82) is 0 Å². The standard InChI is InChI=1S/C4H6BrNO2/c1-6-4(8)3(7)2-5/h2H2,1H3,(H,6,8). The Morgan fingerprint density at radius 1 is 1.62 bits per heavy atom. The number of alkyl halides is 1. The van der Waals surface area contributed by atoms with E-state index in [0.717, 1.165) is 0 Å². The molecule has 0 aliphatic heterocycles. The van der Waals surface area contributed by atoms with Crippen LogP contribution in [0.1, 0.15) is 0 Å². The zero-order valence-corrected chi connectivity index (χ0v) is 5.99. The molecule has 0 saturated carbocycles. The molecule has 4 heteroatoms. The van der Waals surface area contributed by atoms with Gasteiger partial charge in [0.05, 0.1) is 5.33 Å². The third kappa shape index (κ3) is 2.07. The number of carbonyl (C=O) groups excluding carboxylic acids is 2. The fourth-order valence-corrected chi connectivity index (χ4v) is 0.455. The fraction of sp³-hybridized carbons (Fsp3) is 0.500. The van der Waals surface area contributed by atoms with Gasteiger partial charge in [0.15, 0.2) is 0 Å². The number of carbonyl (C=O) groups is 2. The lowest BCUT2D eigenvalue weighted by atomic mass is 10.4. The predicted octanol–water partition coefficient (Wildman–Crippen LogP) is -0.304. The van der Waals surface area contributed by atoms with E-state index in [2.05, 4.69) is 21.2 Å². The van der Waals surface area contributed by atoms with Crippen LogP contribution in [-0.4, -0.2) is 24.1 Å².